The van der Waals surface area contributed by atoms with Gasteiger partial charge in [0.15, 0.2) is 11.6 Å². The Morgan fingerprint density at radius 2 is 1.89 bits per heavy atom. The number of rotatable bonds is 2. The number of Topliss-reactive ketones (excluding diaryl/α,β-unsaturated/α-hetero) is 2. The SMILES string of the molecule is Cc1cc(NC=C2C(=O)CCCC2=O)ccc1Cl. The van der Waals surface area contributed by atoms with E-state index in [1.807, 2.05) is 19.1 Å². The zero-order valence-electron chi connectivity index (χ0n) is 10.1. The molecule has 1 fully saturated rings. The van der Waals surface area contributed by atoms with Crippen molar-refractivity contribution in [1.29, 1.82) is 0 Å². The molecule has 0 saturated heterocycles. The summed E-state index contributed by atoms with van der Waals surface area (Å²) in [6.07, 6.45) is 3.08. The third kappa shape index (κ3) is 2.79. The minimum absolute atomic E-state index is 0.0792. The highest BCUT2D eigenvalue weighted by molar-refractivity contribution is 6.31. The highest BCUT2D eigenvalue weighted by Crippen LogP contribution is 2.21. The van der Waals surface area contributed by atoms with Crippen molar-refractivity contribution in [2.24, 2.45) is 0 Å². The molecule has 3 nitrogen and oxygen atoms in total. The van der Waals surface area contributed by atoms with E-state index in [1.54, 1.807) is 6.07 Å². The number of benzene rings is 1. The summed E-state index contributed by atoms with van der Waals surface area (Å²) in [4.78, 5) is 23.2. The first-order valence-corrected chi connectivity index (χ1v) is 6.25. The van der Waals surface area contributed by atoms with Gasteiger partial charge in [-0.1, -0.05) is 11.6 Å². The summed E-state index contributed by atoms with van der Waals surface area (Å²) in [6.45, 7) is 1.90. The zero-order valence-corrected chi connectivity index (χ0v) is 10.9. The summed E-state index contributed by atoms with van der Waals surface area (Å²) in [7, 11) is 0. The molecular weight excluding hydrogens is 250 g/mol. The topological polar surface area (TPSA) is 46.2 Å². The smallest absolute Gasteiger partial charge is 0.167 e. The molecule has 1 N–H and O–H groups in total. The first-order chi connectivity index (χ1) is 8.58. The van der Waals surface area contributed by atoms with Gasteiger partial charge in [0.2, 0.25) is 0 Å². The second kappa shape index (κ2) is 5.36. The number of ketones is 2. The van der Waals surface area contributed by atoms with Crippen molar-refractivity contribution in [3.63, 3.8) is 0 Å². The van der Waals surface area contributed by atoms with Crippen LogP contribution in [0, 0.1) is 6.92 Å². The van der Waals surface area contributed by atoms with E-state index < -0.39 is 0 Å². The second-order valence-electron chi connectivity index (χ2n) is 4.37. The molecule has 18 heavy (non-hydrogen) atoms. The number of aryl methyl sites for hydroxylation is 1. The Morgan fingerprint density at radius 1 is 1.22 bits per heavy atom. The van der Waals surface area contributed by atoms with Crippen molar-refractivity contribution < 1.29 is 9.59 Å². The lowest BCUT2D eigenvalue weighted by atomic mass is 9.93. The third-order valence-electron chi connectivity index (χ3n) is 2.95. The predicted octanol–water partition coefficient (Wildman–Crippen LogP) is 3.27. The molecule has 0 aromatic heterocycles. The lowest BCUT2D eigenvalue weighted by Gasteiger charge is -2.12. The number of carbonyl (C=O) groups is 2. The molecular formula is C14H14ClNO2. The van der Waals surface area contributed by atoms with Gasteiger partial charge in [0, 0.05) is 29.8 Å². The van der Waals surface area contributed by atoms with Crippen LogP contribution in [-0.2, 0) is 9.59 Å². The van der Waals surface area contributed by atoms with Gasteiger partial charge in [-0.25, -0.2) is 0 Å². The van der Waals surface area contributed by atoms with E-state index in [0.29, 0.717) is 24.3 Å². The summed E-state index contributed by atoms with van der Waals surface area (Å²) in [5.41, 5.74) is 2.03. The third-order valence-corrected chi connectivity index (χ3v) is 3.37. The molecule has 0 bridgehead atoms. The van der Waals surface area contributed by atoms with Gasteiger partial charge in [0.05, 0.1) is 5.57 Å². The molecule has 0 amide bonds. The zero-order chi connectivity index (χ0) is 13.1. The van der Waals surface area contributed by atoms with Crippen LogP contribution in [0.5, 0.6) is 0 Å². The number of allylic oxidation sites excluding steroid dienone is 1. The fraction of sp³-hybridized carbons (Fsp3) is 0.286. The Hall–Kier alpha value is -1.61. The van der Waals surface area contributed by atoms with Gasteiger partial charge >= 0.3 is 0 Å². The van der Waals surface area contributed by atoms with Gasteiger partial charge in [-0.05, 0) is 37.1 Å². The van der Waals surface area contributed by atoms with Crippen LogP contribution in [-0.4, -0.2) is 11.6 Å². The Kier molecular flexibility index (Phi) is 3.82. The Morgan fingerprint density at radius 3 is 2.50 bits per heavy atom. The van der Waals surface area contributed by atoms with Crippen LogP contribution in [0.25, 0.3) is 0 Å². The van der Waals surface area contributed by atoms with Crippen LogP contribution in [0.15, 0.2) is 30.0 Å². The number of nitrogens with one attached hydrogen (secondary N) is 1. The van der Waals surface area contributed by atoms with Gasteiger partial charge in [-0.2, -0.15) is 0 Å². The molecule has 4 heteroatoms. The fourth-order valence-corrected chi connectivity index (χ4v) is 2.00. The Balaban J connectivity index is 2.16. The van der Waals surface area contributed by atoms with E-state index >= 15 is 0 Å². The van der Waals surface area contributed by atoms with Gasteiger partial charge < -0.3 is 5.32 Å². The summed E-state index contributed by atoms with van der Waals surface area (Å²) < 4.78 is 0. The van der Waals surface area contributed by atoms with Crippen LogP contribution >= 0.6 is 11.6 Å². The van der Waals surface area contributed by atoms with Crippen molar-refractivity contribution in [2.75, 3.05) is 5.32 Å². The largest absolute Gasteiger partial charge is 0.361 e. The van der Waals surface area contributed by atoms with E-state index in [0.717, 1.165) is 11.3 Å². The van der Waals surface area contributed by atoms with Crippen LogP contribution in [0.4, 0.5) is 5.69 Å². The van der Waals surface area contributed by atoms with Crippen molar-refractivity contribution in [1.82, 2.24) is 0 Å². The summed E-state index contributed by atoms with van der Waals surface area (Å²) in [5, 5.41) is 3.67. The Labute approximate surface area is 111 Å². The molecule has 2 rings (SSSR count). The molecule has 1 aromatic rings. The monoisotopic (exact) mass is 263 g/mol. The quantitative estimate of drug-likeness (QED) is 0.658. The van der Waals surface area contributed by atoms with Gasteiger partial charge in [-0.15, -0.1) is 0 Å². The molecule has 1 saturated carbocycles. The van der Waals surface area contributed by atoms with E-state index in [2.05, 4.69) is 5.32 Å². The number of carbonyl (C=O) groups excluding carboxylic acids is 2. The lowest BCUT2D eigenvalue weighted by molar-refractivity contribution is -0.123. The Bertz CT molecular complexity index is 517. The second-order valence-corrected chi connectivity index (χ2v) is 4.77. The molecule has 0 radical (unpaired) electrons. The molecule has 0 heterocycles. The normalized spacial score (nSPS) is 15.8. The van der Waals surface area contributed by atoms with Crippen LogP contribution in [0.1, 0.15) is 24.8 Å². The van der Waals surface area contributed by atoms with E-state index in [-0.39, 0.29) is 17.1 Å². The van der Waals surface area contributed by atoms with E-state index in [9.17, 15) is 9.59 Å². The summed E-state index contributed by atoms with van der Waals surface area (Å²) in [6, 6.07) is 5.46. The fourth-order valence-electron chi connectivity index (χ4n) is 1.89. The predicted molar refractivity (Wildman–Crippen MR) is 71.8 cm³/mol. The highest BCUT2D eigenvalue weighted by atomic mass is 35.5. The maximum atomic E-state index is 11.6. The standard InChI is InChI=1S/C14H14ClNO2/c1-9-7-10(5-6-12(9)15)16-8-11-13(17)3-2-4-14(11)18/h5-8,16H,2-4H2,1H3. The molecule has 0 spiro atoms. The first-order valence-electron chi connectivity index (χ1n) is 5.87. The molecule has 0 aliphatic heterocycles. The number of halogens is 1. The molecule has 0 atom stereocenters. The molecule has 0 unspecified atom stereocenters. The summed E-state index contributed by atoms with van der Waals surface area (Å²) in [5.74, 6) is -0.158. The average Bonchev–Trinajstić information content (AvgIpc) is 2.33. The van der Waals surface area contributed by atoms with Gasteiger partial charge in [-0.3, -0.25) is 9.59 Å². The van der Waals surface area contributed by atoms with Crippen LogP contribution in [0.2, 0.25) is 5.02 Å². The van der Waals surface area contributed by atoms with Crippen molar-refractivity contribution in [3.8, 4) is 0 Å². The molecule has 94 valence electrons. The molecule has 1 aliphatic rings. The average molecular weight is 264 g/mol. The highest BCUT2D eigenvalue weighted by Gasteiger charge is 2.22. The minimum atomic E-state index is -0.0792. The van der Waals surface area contributed by atoms with Crippen LogP contribution in [0.3, 0.4) is 0 Å². The number of hydrogen-bond donors (Lipinski definition) is 1. The van der Waals surface area contributed by atoms with Crippen LogP contribution < -0.4 is 5.32 Å². The maximum Gasteiger partial charge on any atom is 0.167 e. The minimum Gasteiger partial charge on any atom is -0.361 e. The van der Waals surface area contributed by atoms with Crippen molar-refractivity contribution in [3.05, 3.63) is 40.6 Å². The van der Waals surface area contributed by atoms with E-state index in [1.165, 1.54) is 6.20 Å². The van der Waals surface area contributed by atoms with Crippen molar-refractivity contribution >= 4 is 28.9 Å². The summed E-state index contributed by atoms with van der Waals surface area (Å²) >= 11 is 5.92. The maximum absolute atomic E-state index is 11.6. The number of anilines is 1. The van der Waals surface area contributed by atoms with E-state index in [4.69, 9.17) is 11.6 Å². The first kappa shape index (κ1) is 12.8. The number of hydrogen-bond acceptors (Lipinski definition) is 3. The van der Waals surface area contributed by atoms with Gasteiger partial charge in [0.25, 0.3) is 0 Å². The van der Waals surface area contributed by atoms with Crippen molar-refractivity contribution in [2.45, 2.75) is 26.2 Å². The lowest BCUT2D eigenvalue weighted by Crippen LogP contribution is -2.19. The van der Waals surface area contributed by atoms with Gasteiger partial charge in [0.1, 0.15) is 0 Å². The molecule has 1 aromatic carbocycles. The molecule has 1 aliphatic carbocycles.